The molecule has 0 fully saturated rings. The van der Waals surface area contributed by atoms with Crippen LogP contribution in [0.25, 0.3) is 0 Å². The van der Waals surface area contributed by atoms with Crippen LogP contribution in [-0.4, -0.2) is 15.8 Å². The minimum absolute atomic E-state index is 0.0156. The van der Waals surface area contributed by atoms with Crippen LogP contribution in [0.3, 0.4) is 0 Å². The Morgan fingerprint density at radius 2 is 1.57 bits per heavy atom. The predicted molar refractivity (Wildman–Crippen MR) is 123 cm³/mol. The average molecular weight is 462 g/mol. The predicted octanol–water partition coefficient (Wildman–Crippen LogP) is 7.08. The number of carbonyl (C=O) groups is 1. The van der Waals surface area contributed by atoms with Gasteiger partial charge in [0.15, 0.2) is 5.78 Å². The lowest BCUT2D eigenvalue weighted by molar-refractivity contribution is 0.0911. The monoisotopic (exact) mass is 460 g/mol. The Kier molecular flexibility index (Phi) is 5.62. The second kappa shape index (κ2) is 8.06. The fourth-order valence-electron chi connectivity index (χ4n) is 3.49. The zero-order valence-corrected chi connectivity index (χ0v) is 18.7. The van der Waals surface area contributed by atoms with Crippen molar-refractivity contribution in [3.05, 3.63) is 68.8 Å². The lowest BCUT2D eigenvalue weighted by Gasteiger charge is -2.30. The standard InChI is InChI=1S/C22H19Cl3N4O/c1-22(2)10-17-19(18(30)11-22)20(26-14-7-8-15(24)16(25)9-14)29-21(28-17)27-13-5-3-12(23)4-6-13/h3-9H,10-11H2,1-2H3,(H2,26,27,28,29). The summed E-state index contributed by atoms with van der Waals surface area (Å²) in [6.45, 7) is 4.13. The van der Waals surface area contributed by atoms with Gasteiger partial charge in [0, 0.05) is 22.8 Å². The van der Waals surface area contributed by atoms with Gasteiger partial charge in [-0.2, -0.15) is 4.98 Å². The molecule has 4 rings (SSSR count). The van der Waals surface area contributed by atoms with Crippen LogP contribution in [0, 0.1) is 5.41 Å². The number of Topliss-reactive ketones (excluding diaryl/α,β-unsaturated/α-hetero) is 1. The first kappa shape index (κ1) is 20.9. The Labute approximate surface area is 189 Å². The number of nitrogens with one attached hydrogen (secondary N) is 2. The summed E-state index contributed by atoms with van der Waals surface area (Å²) in [6, 6.07) is 12.4. The topological polar surface area (TPSA) is 66.9 Å². The summed E-state index contributed by atoms with van der Waals surface area (Å²) < 4.78 is 0. The van der Waals surface area contributed by atoms with Crippen LogP contribution >= 0.6 is 34.8 Å². The van der Waals surface area contributed by atoms with Gasteiger partial charge in [0.05, 0.1) is 21.3 Å². The molecule has 2 N–H and O–H groups in total. The molecule has 1 aliphatic rings. The third kappa shape index (κ3) is 4.53. The number of ketones is 1. The molecule has 2 aromatic carbocycles. The van der Waals surface area contributed by atoms with Gasteiger partial charge in [-0.25, -0.2) is 4.98 Å². The molecule has 30 heavy (non-hydrogen) atoms. The van der Waals surface area contributed by atoms with E-state index in [9.17, 15) is 4.79 Å². The largest absolute Gasteiger partial charge is 0.339 e. The second-order valence-electron chi connectivity index (χ2n) is 8.04. The van der Waals surface area contributed by atoms with Crippen molar-refractivity contribution < 1.29 is 4.79 Å². The highest BCUT2D eigenvalue weighted by atomic mass is 35.5. The number of carbonyl (C=O) groups excluding carboxylic acids is 1. The van der Waals surface area contributed by atoms with E-state index < -0.39 is 0 Å². The number of nitrogens with zero attached hydrogens (tertiary/aromatic N) is 2. The molecule has 0 spiro atoms. The highest BCUT2D eigenvalue weighted by molar-refractivity contribution is 6.42. The van der Waals surface area contributed by atoms with Gasteiger partial charge < -0.3 is 10.6 Å². The normalized spacial score (nSPS) is 14.9. The molecule has 1 heterocycles. The van der Waals surface area contributed by atoms with E-state index in [0.29, 0.717) is 56.6 Å². The molecule has 0 aliphatic heterocycles. The smallest absolute Gasteiger partial charge is 0.229 e. The summed E-state index contributed by atoms with van der Waals surface area (Å²) in [5.41, 5.74) is 2.53. The highest BCUT2D eigenvalue weighted by Crippen LogP contribution is 2.38. The van der Waals surface area contributed by atoms with Crippen LogP contribution in [0.2, 0.25) is 15.1 Å². The Morgan fingerprint density at radius 1 is 0.867 bits per heavy atom. The van der Waals surface area contributed by atoms with Gasteiger partial charge in [-0.3, -0.25) is 4.79 Å². The number of benzene rings is 2. The molecule has 3 aromatic rings. The van der Waals surface area contributed by atoms with E-state index in [1.54, 1.807) is 30.3 Å². The van der Waals surface area contributed by atoms with Gasteiger partial charge in [0.25, 0.3) is 0 Å². The minimum atomic E-state index is -0.170. The molecule has 0 unspecified atom stereocenters. The summed E-state index contributed by atoms with van der Waals surface area (Å²) in [7, 11) is 0. The van der Waals surface area contributed by atoms with Crippen LogP contribution < -0.4 is 10.6 Å². The summed E-state index contributed by atoms with van der Waals surface area (Å²) in [4.78, 5) is 22.2. The molecule has 0 bridgehead atoms. The van der Waals surface area contributed by atoms with Crippen LogP contribution in [0.5, 0.6) is 0 Å². The van der Waals surface area contributed by atoms with Crippen LogP contribution in [0.4, 0.5) is 23.1 Å². The molecule has 0 amide bonds. The second-order valence-corrected chi connectivity index (χ2v) is 9.30. The van der Waals surface area contributed by atoms with E-state index in [1.165, 1.54) is 0 Å². The minimum Gasteiger partial charge on any atom is -0.339 e. The molecule has 8 heteroatoms. The van der Waals surface area contributed by atoms with Gasteiger partial charge in [0.2, 0.25) is 5.95 Å². The number of rotatable bonds is 4. The van der Waals surface area contributed by atoms with Gasteiger partial charge in [-0.1, -0.05) is 48.7 Å². The van der Waals surface area contributed by atoms with Crippen molar-refractivity contribution in [2.45, 2.75) is 26.7 Å². The first-order chi connectivity index (χ1) is 14.2. The SMILES string of the molecule is CC1(C)CC(=O)c2c(nc(Nc3ccc(Cl)cc3)nc2Nc2ccc(Cl)c(Cl)c2)C1. The van der Waals surface area contributed by atoms with E-state index in [1.807, 2.05) is 12.1 Å². The van der Waals surface area contributed by atoms with Crippen LogP contribution in [-0.2, 0) is 6.42 Å². The number of anilines is 4. The first-order valence-electron chi connectivity index (χ1n) is 9.39. The molecule has 0 saturated carbocycles. The van der Waals surface area contributed by atoms with Crippen molar-refractivity contribution >= 4 is 63.7 Å². The van der Waals surface area contributed by atoms with Gasteiger partial charge in [-0.15, -0.1) is 0 Å². The Balaban J connectivity index is 1.77. The molecular weight excluding hydrogens is 443 g/mol. The molecule has 5 nitrogen and oxygen atoms in total. The number of fused-ring (bicyclic) bond motifs is 1. The summed E-state index contributed by atoms with van der Waals surface area (Å²) in [5, 5.41) is 7.91. The molecule has 0 radical (unpaired) electrons. The Bertz CT molecular complexity index is 1130. The van der Waals surface area contributed by atoms with Crippen LogP contribution in [0.15, 0.2) is 42.5 Å². The lowest BCUT2D eigenvalue weighted by atomic mass is 9.75. The van der Waals surface area contributed by atoms with Gasteiger partial charge in [-0.05, 0) is 54.3 Å². The number of hydrogen-bond acceptors (Lipinski definition) is 5. The molecule has 0 atom stereocenters. The summed E-state index contributed by atoms with van der Waals surface area (Å²) >= 11 is 18.1. The van der Waals surface area contributed by atoms with Crippen molar-refractivity contribution in [1.29, 1.82) is 0 Å². The summed E-state index contributed by atoms with van der Waals surface area (Å²) in [5.74, 6) is 0.848. The maximum absolute atomic E-state index is 12.9. The zero-order valence-electron chi connectivity index (χ0n) is 16.4. The molecule has 154 valence electrons. The van der Waals surface area contributed by atoms with Crippen molar-refractivity contribution in [2.24, 2.45) is 5.41 Å². The first-order valence-corrected chi connectivity index (χ1v) is 10.5. The average Bonchev–Trinajstić information content (AvgIpc) is 2.65. The van der Waals surface area contributed by atoms with Gasteiger partial charge >= 0.3 is 0 Å². The molecule has 1 aliphatic carbocycles. The number of aromatic nitrogens is 2. The van der Waals surface area contributed by atoms with E-state index >= 15 is 0 Å². The zero-order chi connectivity index (χ0) is 21.5. The van der Waals surface area contributed by atoms with E-state index in [-0.39, 0.29) is 11.2 Å². The maximum atomic E-state index is 12.9. The van der Waals surface area contributed by atoms with E-state index in [4.69, 9.17) is 34.8 Å². The van der Waals surface area contributed by atoms with Crippen LogP contribution in [0.1, 0.15) is 36.3 Å². The molecule has 1 aromatic heterocycles. The number of hydrogen-bond donors (Lipinski definition) is 2. The van der Waals surface area contributed by atoms with Crippen molar-refractivity contribution in [3.63, 3.8) is 0 Å². The number of halogens is 3. The highest BCUT2D eigenvalue weighted by Gasteiger charge is 2.35. The third-order valence-corrected chi connectivity index (χ3v) is 5.82. The van der Waals surface area contributed by atoms with E-state index in [2.05, 4.69) is 34.4 Å². The molecular formula is C22H19Cl3N4O. The quantitative estimate of drug-likeness (QED) is 0.434. The van der Waals surface area contributed by atoms with Crippen molar-refractivity contribution in [2.75, 3.05) is 10.6 Å². The Morgan fingerprint density at radius 3 is 2.27 bits per heavy atom. The Hall–Kier alpha value is -2.34. The lowest BCUT2D eigenvalue weighted by Crippen LogP contribution is -2.29. The van der Waals surface area contributed by atoms with Crippen molar-refractivity contribution in [3.8, 4) is 0 Å². The summed E-state index contributed by atoms with van der Waals surface area (Å²) in [6.07, 6.45) is 1.10. The third-order valence-electron chi connectivity index (χ3n) is 4.83. The molecule has 0 saturated heterocycles. The van der Waals surface area contributed by atoms with E-state index in [0.717, 1.165) is 5.69 Å². The van der Waals surface area contributed by atoms with Crippen molar-refractivity contribution in [1.82, 2.24) is 9.97 Å². The maximum Gasteiger partial charge on any atom is 0.229 e. The fourth-order valence-corrected chi connectivity index (χ4v) is 3.91. The fraction of sp³-hybridized carbons (Fsp3) is 0.227. The van der Waals surface area contributed by atoms with Gasteiger partial charge in [0.1, 0.15) is 5.82 Å².